The molecule has 0 unspecified atom stereocenters. The summed E-state index contributed by atoms with van der Waals surface area (Å²) in [5, 5.41) is 8.51. The van der Waals surface area contributed by atoms with Crippen LogP contribution < -0.4 is 15.0 Å². The van der Waals surface area contributed by atoms with Crippen LogP contribution in [0.15, 0.2) is 30.5 Å². The molecule has 0 radical (unpaired) electrons. The molecule has 4 rings (SSSR count). The Bertz CT molecular complexity index is 988. The Kier molecular flexibility index (Phi) is 5.28. The molecular formula is C20H25ClN6O. The van der Waals surface area contributed by atoms with Crippen molar-refractivity contribution in [2.45, 2.75) is 13.3 Å². The maximum absolute atomic E-state index is 6.43. The Labute approximate surface area is 169 Å². The van der Waals surface area contributed by atoms with Crippen molar-refractivity contribution in [2.24, 2.45) is 0 Å². The molecule has 1 fully saturated rings. The fourth-order valence-electron chi connectivity index (χ4n) is 3.61. The first-order valence-electron chi connectivity index (χ1n) is 9.45. The van der Waals surface area contributed by atoms with E-state index in [2.05, 4.69) is 34.2 Å². The van der Waals surface area contributed by atoms with E-state index < -0.39 is 0 Å². The van der Waals surface area contributed by atoms with E-state index in [1.807, 2.05) is 22.7 Å². The lowest BCUT2D eigenvalue weighted by Gasteiger charge is -2.26. The van der Waals surface area contributed by atoms with Crippen LogP contribution in [0.5, 0.6) is 5.75 Å². The number of nitrogens with one attached hydrogen (secondary N) is 1. The van der Waals surface area contributed by atoms with Crippen molar-refractivity contribution in [2.75, 3.05) is 50.6 Å². The first-order valence-corrected chi connectivity index (χ1v) is 9.83. The molecule has 3 aromatic rings. The minimum Gasteiger partial charge on any atom is -0.497 e. The molecule has 3 heterocycles. The highest BCUT2D eigenvalue weighted by Gasteiger charge is 2.21. The lowest BCUT2D eigenvalue weighted by molar-refractivity contribution is 0.360. The van der Waals surface area contributed by atoms with Crippen molar-refractivity contribution in [3.05, 3.63) is 41.0 Å². The number of rotatable bonds is 4. The van der Waals surface area contributed by atoms with E-state index in [-0.39, 0.29) is 0 Å². The molecule has 1 aliphatic rings. The van der Waals surface area contributed by atoms with Gasteiger partial charge in [0, 0.05) is 37.3 Å². The van der Waals surface area contributed by atoms with Crippen LogP contribution in [0.25, 0.3) is 5.65 Å². The second-order valence-electron chi connectivity index (χ2n) is 7.12. The fraction of sp³-hybridized carbons (Fsp3) is 0.400. The van der Waals surface area contributed by atoms with E-state index in [0.717, 1.165) is 66.9 Å². The van der Waals surface area contributed by atoms with Crippen LogP contribution in [-0.2, 0) is 0 Å². The first kappa shape index (κ1) is 18.8. The van der Waals surface area contributed by atoms with Gasteiger partial charge in [-0.15, -0.1) is 0 Å². The van der Waals surface area contributed by atoms with E-state index in [0.29, 0.717) is 5.02 Å². The van der Waals surface area contributed by atoms with Gasteiger partial charge in [0.15, 0.2) is 5.65 Å². The maximum Gasteiger partial charge on any atom is 0.159 e. The van der Waals surface area contributed by atoms with Gasteiger partial charge in [0.1, 0.15) is 17.4 Å². The quantitative estimate of drug-likeness (QED) is 0.722. The smallest absolute Gasteiger partial charge is 0.159 e. The van der Waals surface area contributed by atoms with Gasteiger partial charge in [0.2, 0.25) is 0 Å². The minimum absolute atomic E-state index is 0.590. The van der Waals surface area contributed by atoms with Crippen molar-refractivity contribution in [1.82, 2.24) is 19.5 Å². The van der Waals surface area contributed by atoms with Gasteiger partial charge in [-0.1, -0.05) is 11.6 Å². The molecule has 0 amide bonds. The standard InChI is InChI=1S/C20H25ClN6O/c1-14-19(23-17-6-5-15(28-3)13-16(17)21)24-18-7-8-22-27(18)20(14)26-10-4-9-25(2)11-12-26/h5-8,13H,4,9-12H2,1-3H3,(H,23,24). The van der Waals surface area contributed by atoms with Crippen molar-refractivity contribution < 1.29 is 4.74 Å². The molecule has 8 heteroatoms. The number of fused-ring (bicyclic) bond motifs is 1. The van der Waals surface area contributed by atoms with Crippen LogP contribution in [0.2, 0.25) is 5.02 Å². The number of likely N-dealkylation sites (N-methyl/N-ethyl adjacent to an activating group) is 1. The summed E-state index contributed by atoms with van der Waals surface area (Å²) in [6, 6.07) is 7.51. The summed E-state index contributed by atoms with van der Waals surface area (Å²) in [5.74, 6) is 2.59. The van der Waals surface area contributed by atoms with Gasteiger partial charge >= 0.3 is 0 Å². The molecule has 0 bridgehead atoms. The van der Waals surface area contributed by atoms with Gasteiger partial charge in [0.05, 0.1) is 24.0 Å². The van der Waals surface area contributed by atoms with Gasteiger partial charge in [-0.2, -0.15) is 9.61 Å². The van der Waals surface area contributed by atoms with Crippen LogP contribution in [0, 0.1) is 6.92 Å². The molecule has 0 aliphatic carbocycles. The number of hydrogen-bond donors (Lipinski definition) is 1. The molecule has 0 atom stereocenters. The second kappa shape index (κ2) is 7.85. The highest BCUT2D eigenvalue weighted by atomic mass is 35.5. The summed E-state index contributed by atoms with van der Waals surface area (Å²) in [6.45, 7) is 6.16. The molecule has 1 N–H and O–H groups in total. The highest BCUT2D eigenvalue weighted by Crippen LogP contribution is 2.33. The third kappa shape index (κ3) is 3.59. The Morgan fingerprint density at radius 3 is 2.79 bits per heavy atom. The predicted octanol–water partition coefficient (Wildman–Crippen LogP) is 3.59. The summed E-state index contributed by atoms with van der Waals surface area (Å²) >= 11 is 6.43. The molecule has 0 saturated carbocycles. The normalized spacial score (nSPS) is 15.6. The summed E-state index contributed by atoms with van der Waals surface area (Å²) in [6.07, 6.45) is 2.91. The summed E-state index contributed by atoms with van der Waals surface area (Å²) in [7, 11) is 3.80. The van der Waals surface area contributed by atoms with E-state index in [1.54, 1.807) is 19.4 Å². The number of halogens is 1. The number of nitrogens with zero attached hydrogens (tertiary/aromatic N) is 5. The minimum atomic E-state index is 0.590. The van der Waals surface area contributed by atoms with E-state index in [4.69, 9.17) is 21.3 Å². The first-order chi connectivity index (χ1) is 13.6. The van der Waals surface area contributed by atoms with Crippen LogP contribution in [0.3, 0.4) is 0 Å². The predicted molar refractivity (Wildman–Crippen MR) is 113 cm³/mol. The van der Waals surface area contributed by atoms with Crippen molar-refractivity contribution >= 4 is 34.6 Å². The zero-order valence-corrected chi connectivity index (χ0v) is 17.2. The second-order valence-corrected chi connectivity index (χ2v) is 7.53. The molecular weight excluding hydrogens is 376 g/mol. The lowest BCUT2D eigenvalue weighted by atomic mass is 10.2. The SMILES string of the molecule is COc1ccc(Nc2nc3ccnn3c(N3CCCN(C)CC3)c2C)c(Cl)c1. The molecule has 1 aromatic carbocycles. The van der Waals surface area contributed by atoms with Gasteiger partial charge in [-0.3, -0.25) is 0 Å². The highest BCUT2D eigenvalue weighted by molar-refractivity contribution is 6.33. The average Bonchev–Trinajstić information content (AvgIpc) is 3.04. The summed E-state index contributed by atoms with van der Waals surface area (Å²) in [5.41, 5.74) is 2.65. The monoisotopic (exact) mass is 400 g/mol. The van der Waals surface area contributed by atoms with Gasteiger partial charge < -0.3 is 19.9 Å². The van der Waals surface area contributed by atoms with Crippen LogP contribution in [-0.4, -0.2) is 59.8 Å². The Morgan fingerprint density at radius 1 is 1.14 bits per heavy atom. The average molecular weight is 401 g/mol. The Balaban J connectivity index is 1.74. The zero-order valence-electron chi connectivity index (χ0n) is 16.4. The van der Waals surface area contributed by atoms with Crippen LogP contribution in [0.1, 0.15) is 12.0 Å². The number of hydrogen-bond acceptors (Lipinski definition) is 6. The molecule has 7 nitrogen and oxygen atoms in total. The van der Waals surface area contributed by atoms with E-state index in [1.165, 1.54) is 0 Å². The molecule has 2 aromatic heterocycles. The van der Waals surface area contributed by atoms with Gasteiger partial charge in [-0.25, -0.2) is 4.98 Å². The van der Waals surface area contributed by atoms with Gasteiger partial charge in [-0.05, 0) is 39.1 Å². The van der Waals surface area contributed by atoms with Crippen molar-refractivity contribution in [3.63, 3.8) is 0 Å². The summed E-state index contributed by atoms with van der Waals surface area (Å²) < 4.78 is 7.17. The Hall–Kier alpha value is -2.51. The number of aromatic nitrogens is 3. The van der Waals surface area contributed by atoms with Crippen molar-refractivity contribution in [1.29, 1.82) is 0 Å². The molecule has 1 aliphatic heterocycles. The van der Waals surface area contributed by atoms with E-state index in [9.17, 15) is 0 Å². The summed E-state index contributed by atoms with van der Waals surface area (Å²) in [4.78, 5) is 9.54. The topological polar surface area (TPSA) is 57.9 Å². The number of anilines is 3. The third-order valence-corrected chi connectivity index (χ3v) is 5.50. The number of benzene rings is 1. The number of methoxy groups -OCH3 is 1. The Morgan fingerprint density at radius 2 is 2.00 bits per heavy atom. The lowest BCUT2D eigenvalue weighted by Crippen LogP contribution is -2.31. The number of ether oxygens (including phenoxy) is 1. The van der Waals surface area contributed by atoms with E-state index >= 15 is 0 Å². The molecule has 1 saturated heterocycles. The van der Waals surface area contributed by atoms with Crippen LogP contribution in [0.4, 0.5) is 17.3 Å². The van der Waals surface area contributed by atoms with Crippen LogP contribution >= 0.6 is 11.6 Å². The van der Waals surface area contributed by atoms with Gasteiger partial charge in [0.25, 0.3) is 0 Å². The molecule has 148 valence electrons. The van der Waals surface area contributed by atoms with Crippen molar-refractivity contribution in [3.8, 4) is 5.75 Å². The zero-order chi connectivity index (χ0) is 19.7. The maximum atomic E-state index is 6.43. The largest absolute Gasteiger partial charge is 0.497 e. The third-order valence-electron chi connectivity index (χ3n) is 5.19. The molecule has 28 heavy (non-hydrogen) atoms. The molecule has 0 spiro atoms. The fourth-order valence-corrected chi connectivity index (χ4v) is 3.83.